The zero-order valence-electron chi connectivity index (χ0n) is 7.93. The first-order valence-corrected chi connectivity index (χ1v) is 6.00. The summed E-state index contributed by atoms with van der Waals surface area (Å²) in [6.07, 6.45) is 0. The maximum Gasteiger partial charge on any atom is 0.192 e. The first kappa shape index (κ1) is 10.9. The minimum Gasteiger partial charge on any atom is -0.291 e. The van der Waals surface area contributed by atoms with Crippen LogP contribution in [0.2, 0.25) is 0 Å². The lowest BCUT2D eigenvalue weighted by atomic mass is 9.98. The smallest absolute Gasteiger partial charge is 0.192 e. The zero-order valence-corrected chi connectivity index (χ0v) is 10.3. The molecule has 1 aromatic rings. The van der Waals surface area contributed by atoms with Gasteiger partial charge in [0, 0.05) is 10.8 Å². The third kappa shape index (κ3) is 2.61. The Labute approximate surface area is 90.5 Å². The summed E-state index contributed by atoms with van der Waals surface area (Å²) in [5.41, 5.74) is 0.613. The Morgan fingerprint density at radius 2 is 2.23 bits per heavy atom. The molecule has 0 atom stereocenters. The fraction of sp³-hybridized carbons (Fsp3) is 0.556. The molecular formula is C9H12BrNOS. The average Bonchev–Trinajstić information content (AvgIpc) is 2.50. The summed E-state index contributed by atoms with van der Waals surface area (Å²) in [6.45, 7) is 6.27. The van der Waals surface area contributed by atoms with Crippen LogP contribution in [0.15, 0.2) is 5.38 Å². The summed E-state index contributed by atoms with van der Waals surface area (Å²) in [7, 11) is 0. The maximum atomic E-state index is 11.3. The Hall–Kier alpha value is -0.220. The van der Waals surface area contributed by atoms with Gasteiger partial charge in [-0.3, -0.25) is 4.79 Å². The number of Topliss-reactive ketones (excluding diaryl/α,β-unsaturated/α-hetero) is 1. The predicted octanol–water partition coefficient (Wildman–Crippen LogP) is 3.02. The molecule has 0 aliphatic heterocycles. The SMILES string of the molecule is CC(C)(C)c1nc(C(=O)CBr)cs1. The summed E-state index contributed by atoms with van der Waals surface area (Å²) in [4.78, 5) is 15.5. The normalized spacial score (nSPS) is 11.7. The Morgan fingerprint density at radius 1 is 1.62 bits per heavy atom. The Kier molecular flexibility index (Phi) is 3.24. The van der Waals surface area contributed by atoms with Gasteiger partial charge in [-0.05, 0) is 0 Å². The molecule has 0 aliphatic carbocycles. The van der Waals surface area contributed by atoms with E-state index in [0.717, 1.165) is 5.01 Å². The van der Waals surface area contributed by atoms with Crippen LogP contribution >= 0.6 is 27.3 Å². The van der Waals surface area contributed by atoms with Gasteiger partial charge in [-0.1, -0.05) is 36.7 Å². The average molecular weight is 262 g/mol. The van der Waals surface area contributed by atoms with Crippen molar-refractivity contribution in [3.05, 3.63) is 16.1 Å². The highest BCUT2D eigenvalue weighted by Gasteiger charge is 2.19. The number of nitrogens with zero attached hydrogens (tertiary/aromatic N) is 1. The lowest BCUT2D eigenvalue weighted by Gasteiger charge is -2.13. The molecule has 0 fully saturated rings. The second-order valence-electron chi connectivity index (χ2n) is 3.84. The number of rotatable bonds is 2. The zero-order chi connectivity index (χ0) is 10.1. The molecule has 0 radical (unpaired) electrons. The number of carbonyl (C=O) groups is 1. The van der Waals surface area contributed by atoms with Crippen LogP contribution < -0.4 is 0 Å². The van der Waals surface area contributed by atoms with Crippen molar-refractivity contribution in [1.29, 1.82) is 0 Å². The highest BCUT2D eigenvalue weighted by molar-refractivity contribution is 9.09. The van der Waals surface area contributed by atoms with Crippen molar-refractivity contribution in [2.45, 2.75) is 26.2 Å². The van der Waals surface area contributed by atoms with E-state index in [-0.39, 0.29) is 11.2 Å². The quantitative estimate of drug-likeness (QED) is 0.605. The fourth-order valence-corrected chi connectivity index (χ4v) is 2.01. The maximum absolute atomic E-state index is 11.3. The monoisotopic (exact) mass is 261 g/mol. The molecule has 0 saturated carbocycles. The molecule has 1 heterocycles. The van der Waals surface area contributed by atoms with Gasteiger partial charge in [0.05, 0.1) is 10.3 Å². The van der Waals surface area contributed by atoms with E-state index >= 15 is 0 Å². The minimum atomic E-state index is 0.0372. The molecule has 72 valence electrons. The first-order valence-electron chi connectivity index (χ1n) is 4.00. The predicted molar refractivity (Wildman–Crippen MR) is 58.9 cm³/mol. The molecule has 4 heteroatoms. The van der Waals surface area contributed by atoms with Gasteiger partial charge in [0.25, 0.3) is 0 Å². The number of carbonyl (C=O) groups excluding carboxylic acids is 1. The molecule has 0 amide bonds. The highest BCUT2D eigenvalue weighted by atomic mass is 79.9. The second-order valence-corrected chi connectivity index (χ2v) is 5.26. The summed E-state index contributed by atoms with van der Waals surface area (Å²) in [6, 6.07) is 0. The number of hydrogen-bond donors (Lipinski definition) is 0. The van der Waals surface area contributed by atoms with Crippen molar-refractivity contribution in [3.8, 4) is 0 Å². The number of thiazole rings is 1. The van der Waals surface area contributed by atoms with Crippen LogP contribution in [0.25, 0.3) is 0 Å². The number of alkyl halides is 1. The molecule has 1 aromatic heterocycles. The Balaban J connectivity index is 2.93. The van der Waals surface area contributed by atoms with Gasteiger partial charge in [-0.2, -0.15) is 0 Å². The highest BCUT2D eigenvalue weighted by Crippen LogP contribution is 2.25. The van der Waals surface area contributed by atoms with Gasteiger partial charge in [-0.25, -0.2) is 4.98 Å². The Morgan fingerprint density at radius 3 is 2.62 bits per heavy atom. The first-order chi connectivity index (χ1) is 5.95. The fourth-order valence-electron chi connectivity index (χ4n) is 0.815. The summed E-state index contributed by atoms with van der Waals surface area (Å²) < 4.78 is 0. The van der Waals surface area contributed by atoms with E-state index in [0.29, 0.717) is 11.0 Å². The third-order valence-electron chi connectivity index (χ3n) is 1.55. The molecule has 0 unspecified atom stereocenters. The van der Waals surface area contributed by atoms with E-state index in [9.17, 15) is 4.79 Å². The van der Waals surface area contributed by atoms with Crippen LogP contribution in [0.5, 0.6) is 0 Å². The van der Waals surface area contributed by atoms with E-state index < -0.39 is 0 Å². The molecular weight excluding hydrogens is 250 g/mol. The van der Waals surface area contributed by atoms with Crippen molar-refractivity contribution in [1.82, 2.24) is 4.98 Å². The molecule has 2 nitrogen and oxygen atoms in total. The molecule has 0 aliphatic rings. The van der Waals surface area contributed by atoms with E-state index in [2.05, 4.69) is 41.7 Å². The minimum absolute atomic E-state index is 0.0372. The van der Waals surface area contributed by atoms with Crippen molar-refractivity contribution >= 4 is 33.0 Å². The molecule has 0 saturated heterocycles. The van der Waals surface area contributed by atoms with Gasteiger partial charge in [-0.15, -0.1) is 11.3 Å². The number of halogens is 1. The van der Waals surface area contributed by atoms with Gasteiger partial charge >= 0.3 is 0 Å². The summed E-state index contributed by atoms with van der Waals surface area (Å²) in [5.74, 6) is 0.0479. The molecule has 0 N–H and O–H groups in total. The van der Waals surface area contributed by atoms with Crippen molar-refractivity contribution in [3.63, 3.8) is 0 Å². The van der Waals surface area contributed by atoms with Crippen LogP contribution in [0.3, 0.4) is 0 Å². The van der Waals surface area contributed by atoms with Gasteiger partial charge in [0.1, 0.15) is 5.69 Å². The van der Waals surface area contributed by atoms with Crippen LogP contribution in [-0.2, 0) is 5.41 Å². The second kappa shape index (κ2) is 3.88. The van der Waals surface area contributed by atoms with Crippen molar-refractivity contribution in [2.24, 2.45) is 0 Å². The van der Waals surface area contributed by atoms with Gasteiger partial charge in [0.15, 0.2) is 5.78 Å². The molecule has 0 bridgehead atoms. The topological polar surface area (TPSA) is 30.0 Å². The number of ketones is 1. The van der Waals surface area contributed by atoms with Crippen LogP contribution in [0, 0.1) is 0 Å². The van der Waals surface area contributed by atoms with Crippen molar-refractivity contribution < 1.29 is 4.79 Å². The standard InChI is InChI=1S/C9H12BrNOS/c1-9(2,3)8-11-6(5-13-8)7(12)4-10/h5H,4H2,1-3H3. The Bertz CT molecular complexity index is 314. The lowest BCUT2D eigenvalue weighted by molar-refractivity contribution is 0.101. The third-order valence-corrected chi connectivity index (χ3v) is 3.33. The summed E-state index contributed by atoms with van der Waals surface area (Å²) >= 11 is 4.67. The van der Waals surface area contributed by atoms with Gasteiger partial charge < -0.3 is 0 Å². The lowest BCUT2D eigenvalue weighted by Crippen LogP contribution is -2.11. The van der Waals surface area contributed by atoms with E-state index in [1.807, 2.05) is 5.38 Å². The van der Waals surface area contributed by atoms with Crippen LogP contribution in [0.1, 0.15) is 36.3 Å². The van der Waals surface area contributed by atoms with Crippen LogP contribution in [-0.4, -0.2) is 16.1 Å². The summed E-state index contributed by atoms with van der Waals surface area (Å²) in [5, 5.41) is 3.18. The molecule has 13 heavy (non-hydrogen) atoms. The molecule has 0 spiro atoms. The van der Waals surface area contributed by atoms with Crippen LogP contribution in [0.4, 0.5) is 0 Å². The molecule has 0 aromatic carbocycles. The van der Waals surface area contributed by atoms with Gasteiger partial charge in [0.2, 0.25) is 0 Å². The van der Waals surface area contributed by atoms with Crippen molar-refractivity contribution in [2.75, 3.05) is 5.33 Å². The largest absolute Gasteiger partial charge is 0.291 e. The van der Waals surface area contributed by atoms with E-state index in [1.54, 1.807) is 11.3 Å². The van der Waals surface area contributed by atoms with E-state index in [4.69, 9.17) is 0 Å². The number of hydrogen-bond acceptors (Lipinski definition) is 3. The number of aromatic nitrogens is 1. The molecule has 1 rings (SSSR count). The van der Waals surface area contributed by atoms with E-state index in [1.165, 1.54) is 0 Å².